The molecule has 5 fully saturated rings. The molecule has 5 rings (SSSR count). The van der Waals surface area contributed by atoms with Crippen LogP contribution in [0.3, 0.4) is 0 Å². The molecule has 1 heterocycles. The molecule has 0 amide bonds. The first-order valence-electron chi connectivity index (χ1n) is 5.10. The molecule has 4 aliphatic carbocycles. The first kappa shape index (κ1) is 4.86. The van der Waals surface area contributed by atoms with Gasteiger partial charge in [-0.15, -0.1) is 0 Å². The van der Waals surface area contributed by atoms with Crippen LogP contribution in [0.4, 0.5) is 0 Å². The van der Waals surface area contributed by atoms with Crippen molar-refractivity contribution in [1.82, 2.24) is 0 Å². The molecule has 1 aliphatic heterocycles. The lowest BCUT2D eigenvalue weighted by molar-refractivity contribution is -0.178. The summed E-state index contributed by atoms with van der Waals surface area (Å²) < 4.78 is 6.09. The van der Waals surface area contributed by atoms with Gasteiger partial charge in [0, 0.05) is 0 Å². The first-order chi connectivity index (χ1) is 5.39. The Morgan fingerprint density at radius 3 is 2.00 bits per heavy atom. The van der Waals surface area contributed by atoms with Crippen molar-refractivity contribution in [2.75, 3.05) is 0 Å². The van der Waals surface area contributed by atoms with Crippen molar-refractivity contribution in [1.29, 1.82) is 0 Å². The van der Waals surface area contributed by atoms with E-state index in [1.165, 1.54) is 25.7 Å². The number of epoxide rings is 1. The SMILES string of the molecule is C1CC2CC3C4CC1C41OC231. The number of fused-ring (bicyclic) bond motifs is 1. The molecular weight excluding hydrogens is 136 g/mol. The van der Waals surface area contributed by atoms with Crippen LogP contribution in [-0.2, 0) is 4.74 Å². The molecule has 0 aromatic rings. The smallest absolute Gasteiger partial charge is 0.105 e. The molecule has 6 atom stereocenters. The van der Waals surface area contributed by atoms with Gasteiger partial charge in [-0.2, -0.15) is 0 Å². The summed E-state index contributed by atoms with van der Waals surface area (Å²) >= 11 is 0. The van der Waals surface area contributed by atoms with E-state index in [-0.39, 0.29) is 0 Å². The highest BCUT2D eigenvalue weighted by Gasteiger charge is 2.99. The summed E-state index contributed by atoms with van der Waals surface area (Å²) in [6.07, 6.45) is 6.05. The van der Waals surface area contributed by atoms with Gasteiger partial charge in [0.15, 0.2) is 0 Å². The predicted octanol–water partition coefficient (Wildman–Crippen LogP) is 1.57. The third-order valence-corrected chi connectivity index (χ3v) is 5.65. The van der Waals surface area contributed by atoms with Crippen molar-refractivity contribution < 1.29 is 4.74 Å². The molecular formula is C10H12O. The number of ether oxygens (including phenoxy) is 1. The van der Waals surface area contributed by atoms with Crippen LogP contribution in [0.1, 0.15) is 25.7 Å². The predicted molar refractivity (Wildman–Crippen MR) is 39.0 cm³/mol. The summed E-state index contributed by atoms with van der Waals surface area (Å²) in [5, 5.41) is 0. The second-order valence-corrected chi connectivity index (χ2v) is 5.34. The van der Waals surface area contributed by atoms with Gasteiger partial charge in [0.1, 0.15) is 11.2 Å². The lowest BCUT2D eigenvalue weighted by atomic mass is 9.30. The van der Waals surface area contributed by atoms with Crippen LogP contribution in [0.15, 0.2) is 0 Å². The molecule has 2 spiro atoms. The molecule has 0 radical (unpaired) electrons. The minimum absolute atomic E-state index is 0.541. The van der Waals surface area contributed by atoms with E-state index < -0.39 is 0 Å². The van der Waals surface area contributed by atoms with Crippen LogP contribution in [0.25, 0.3) is 0 Å². The largest absolute Gasteiger partial charge is 0.361 e. The van der Waals surface area contributed by atoms with Gasteiger partial charge < -0.3 is 4.74 Å². The summed E-state index contributed by atoms with van der Waals surface area (Å²) in [5.74, 6) is 4.12. The third kappa shape index (κ3) is 0.217. The minimum atomic E-state index is 0.541. The van der Waals surface area contributed by atoms with Gasteiger partial charge in [-0.3, -0.25) is 0 Å². The molecule has 0 aromatic heterocycles. The quantitative estimate of drug-likeness (QED) is 0.475. The fourth-order valence-electron chi connectivity index (χ4n) is 5.28. The zero-order chi connectivity index (χ0) is 6.84. The van der Waals surface area contributed by atoms with Crippen LogP contribution in [-0.4, -0.2) is 11.2 Å². The maximum atomic E-state index is 6.09. The van der Waals surface area contributed by atoms with Crippen LogP contribution >= 0.6 is 0 Å². The van der Waals surface area contributed by atoms with E-state index in [4.69, 9.17) is 4.74 Å². The molecule has 4 saturated carbocycles. The fourth-order valence-corrected chi connectivity index (χ4v) is 5.28. The summed E-state index contributed by atoms with van der Waals surface area (Å²) in [6, 6.07) is 0. The average molecular weight is 148 g/mol. The number of hydrogen-bond donors (Lipinski definition) is 0. The number of rotatable bonds is 0. The van der Waals surface area contributed by atoms with Gasteiger partial charge in [-0.05, 0) is 49.4 Å². The molecule has 1 nitrogen and oxygen atoms in total. The molecule has 0 N–H and O–H groups in total. The molecule has 0 bridgehead atoms. The Bertz CT molecular complexity index is 241. The van der Waals surface area contributed by atoms with Crippen LogP contribution in [0, 0.1) is 23.7 Å². The second-order valence-electron chi connectivity index (χ2n) is 5.34. The Morgan fingerprint density at radius 2 is 1.45 bits per heavy atom. The average Bonchev–Trinajstić information content (AvgIpc) is 2.51. The number of hydrogen-bond acceptors (Lipinski definition) is 1. The maximum absolute atomic E-state index is 6.09. The lowest BCUT2D eigenvalue weighted by Gasteiger charge is -2.69. The zero-order valence-electron chi connectivity index (χ0n) is 6.55. The zero-order valence-corrected chi connectivity index (χ0v) is 6.55. The second kappa shape index (κ2) is 0.953. The minimum Gasteiger partial charge on any atom is -0.361 e. The van der Waals surface area contributed by atoms with E-state index in [1.54, 1.807) is 0 Å². The Labute approximate surface area is 66.1 Å². The van der Waals surface area contributed by atoms with Crippen molar-refractivity contribution >= 4 is 0 Å². The molecule has 1 heteroatoms. The summed E-state index contributed by atoms with van der Waals surface area (Å²) in [4.78, 5) is 0. The van der Waals surface area contributed by atoms with E-state index in [0.717, 1.165) is 23.7 Å². The van der Waals surface area contributed by atoms with Crippen molar-refractivity contribution in [3.8, 4) is 0 Å². The Hall–Kier alpha value is -0.0400. The van der Waals surface area contributed by atoms with Gasteiger partial charge >= 0.3 is 0 Å². The van der Waals surface area contributed by atoms with Gasteiger partial charge in [0.25, 0.3) is 0 Å². The molecule has 11 heavy (non-hydrogen) atoms. The van der Waals surface area contributed by atoms with Crippen LogP contribution in [0.2, 0.25) is 0 Å². The highest BCUT2D eigenvalue weighted by molar-refractivity contribution is 5.47. The topological polar surface area (TPSA) is 12.5 Å². The van der Waals surface area contributed by atoms with E-state index in [2.05, 4.69) is 0 Å². The van der Waals surface area contributed by atoms with E-state index >= 15 is 0 Å². The van der Waals surface area contributed by atoms with Crippen molar-refractivity contribution in [2.24, 2.45) is 23.7 Å². The normalized spacial score (nSPS) is 85.1. The fraction of sp³-hybridized carbons (Fsp3) is 1.00. The monoisotopic (exact) mass is 148 g/mol. The maximum Gasteiger partial charge on any atom is 0.105 e. The molecule has 1 saturated heterocycles. The van der Waals surface area contributed by atoms with Gasteiger partial charge in [-0.25, -0.2) is 0 Å². The highest BCUT2D eigenvalue weighted by Crippen LogP contribution is 2.92. The van der Waals surface area contributed by atoms with Gasteiger partial charge in [0.05, 0.1) is 0 Å². The van der Waals surface area contributed by atoms with Crippen LogP contribution in [0.5, 0.6) is 0 Å². The van der Waals surface area contributed by atoms with Crippen molar-refractivity contribution in [3.05, 3.63) is 0 Å². The summed E-state index contributed by atoms with van der Waals surface area (Å²) in [7, 11) is 0. The molecule has 0 aromatic carbocycles. The molecule has 5 aliphatic rings. The lowest BCUT2D eigenvalue weighted by Crippen LogP contribution is -2.76. The standard InChI is InChI=1S/C10H12O/c1-2-6-4-8-7-3-5(1)9(7)10(6,8)11-9/h5-8H,1-4H2. The first-order valence-corrected chi connectivity index (χ1v) is 5.10. The Kier molecular flexibility index (Phi) is 0.421. The van der Waals surface area contributed by atoms with Gasteiger partial charge in [-0.1, -0.05) is 0 Å². The Morgan fingerprint density at radius 1 is 0.909 bits per heavy atom. The summed E-state index contributed by atoms with van der Waals surface area (Å²) in [6.45, 7) is 0. The van der Waals surface area contributed by atoms with Gasteiger partial charge in [0.2, 0.25) is 0 Å². The third-order valence-electron chi connectivity index (χ3n) is 5.65. The van der Waals surface area contributed by atoms with E-state index in [9.17, 15) is 0 Å². The highest BCUT2D eigenvalue weighted by atomic mass is 16.7. The molecule has 58 valence electrons. The molecule has 6 unspecified atom stereocenters. The van der Waals surface area contributed by atoms with E-state index in [1.807, 2.05) is 0 Å². The van der Waals surface area contributed by atoms with Crippen molar-refractivity contribution in [2.45, 2.75) is 36.9 Å². The Balaban J connectivity index is 1.80. The van der Waals surface area contributed by atoms with Crippen molar-refractivity contribution in [3.63, 3.8) is 0 Å². The summed E-state index contributed by atoms with van der Waals surface area (Å²) in [5.41, 5.74) is 1.08. The van der Waals surface area contributed by atoms with Crippen LogP contribution < -0.4 is 0 Å². The van der Waals surface area contributed by atoms with E-state index in [0.29, 0.717) is 11.2 Å².